The molecule has 0 aliphatic carbocycles. The average Bonchev–Trinajstić information content (AvgIpc) is 2.60. The molecule has 0 saturated carbocycles. The Balaban J connectivity index is 1.72. The van der Waals surface area contributed by atoms with Crippen LogP contribution in [0, 0.1) is 0 Å². The second-order valence-electron chi connectivity index (χ2n) is 6.20. The van der Waals surface area contributed by atoms with E-state index in [4.69, 9.17) is 0 Å². The molecule has 1 heterocycles. The number of hydrogen-bond donors (Lipinski definition) is 2. The van der Waals surface area contributed by atoms with Gasteiger partial charge in [0.15, 0.2) is 0 Å². The molecular weight excluding hydrogens is 322 g/mol. The Hall–Kier alpha value is -1.89. The lowest BCUT2D eigenvalue weighted by Crippen LogP contribution is -2.38. The zero-order valence-electron chi connectivity index (χ0n) is 14.0. The highest BCUT2D eigenvalue weighted by molar-refractivity contribution is 7.89. The zero-order valence-corrected chi connectivity index (χ0v) is 14.8. The summed E-state index contributed by atoms with van der Waals surface area (Å²) in [5.74, 6) is 0. The fourth-order valence-corrected chi connectivity index (χ4v) is 4.02. The number of sulfonamides is 1. The van der Waals surface area contributed by atoms with Crippen molar-refractivity contribution in [1.82, 2.24) is 10.0 Å². The summed E-state index contributed by atoms with van der Waals surface area (Å²) in [4.78, 5) is 2.23. The maximum atomic E-state index is 12.5. The first-order valence-corrected chi connectivity index (χ1v) is 9.54. The Bertz CT molecular complexity index is 801. The van der Waals surface area contributed by atoms with Crippen LogP contribution in [0.3, 0.4) is 0 Å². The molecule has 0 fully saturated rings. The molecule has 1 aliphatic rings. The smallest absolute Gasteiger partial charge is 0.240 e. The van der Waals surface area contributed by atoms with Gasteiger partial charge in [0.1, 0.15) is 0 Å². The Labute approximate surface area is 143 Å². The molecule has 3 rings (SSSR count). The van der Waals surface area contributed by atoms with Gasteiger partial charge >= 0.3 is 0 Å². The largest absolute Gasteiger partial charge is 0.378 e. The molecule has 6 heteroatoms. The van der Waals surface area contributed by atoms with Gasteiger partial charge in [0.2, 0.25) is 10.0 Å². The van der Waals surface area contributed by atoms with Gasteiger partial charge in [-0.25, -0.2) is 13.1 Å². The summed E-state index contributed by atoms with van der Waals surface area (Å²) in [6.07, 6.45) is 0.978. The van der Waals surface area contributed by atoms with Crippen LogP contribution < -0.4 is 14.9 Å². The third kappa shape index (κ3) is 3.61. The molecule has 0 saturated heterocycles. The average molecular weight is 345 g/mol. The van der Waals surface area contributed by atoms with Gasteiger partial charge in [-0.2, -0.15) is 0 Å². The van der Waals surface area contributed by atoms with Crippen molar-refractivity contribution in [3.8, 4) is 0 Å². The Morgan fingerprint density at radius 2 is 1.83 bits per heavy atom. The van der Waals surface area contributed by atoms with E-state index in [1.54, 1.807) is 12.1 Å². The number of rotatable bonds is 5. The van der Waals surface area contributed by atoms with E-state index in [9.17, 15) is 8.42 Å². The second kappa shape index (κ2) is 6.93. The van der Waals surface area contributed by atoms with Gasteiger partial charge in [-0.05, 0) is 48.4 Å². The van der Waals surface area contributed by atoms with E-state index in [1.165, 1.54) is 11.1 Å². The number of hydrogen-bond acceptors (Lipinski definition) is 4. The van der Waals surface area contributed by atoms with E-state index in [-0.39, 0.29) is 10.9 Å². The molecule has 2 aromatic carbocycles. The molecule has 2 aromatic rings. The van der Waals surface area contributed by atoms with Crippen LogP contribution in [-0.2, 0) is 16.4 Å². The molecule has 24 heavy (non-hydrogen) atoms. The maximum absolute atomic E-state index is 12.5. The molecular formula is C18H23N3O2S. The predicted molar refractivity (Wildman–Crippen MR) is 96.8 cm³/mol. The monoisotopic (exact) mass is 345 g/mol. The van der Waals surface area contributed by atoms with Crippen molar-refractivity contribution in [2.75, 3.05) is 32.1 Å². The highest BCUT2D eigenvalue weighted by Crippen LogP contribution is 2.23. The van der Waals surface area contributed by atoms with Crippen LogP contribution in [-0.4, -0.2) is 35.6 Å². The minimum Gasteiger partial charge on any atom is -0.378 e. The first kappa shape index (κ1) is 17.0. The highest BCUT2D eigenvalue weighted by Gasteiger charge is 2.22. The summed E-state index contributed by atoms with van der Waals surface area (Å²) in [7, 11) is 0.336. The first-order valence-electron chi connectivity index (χ1n) is 8.05. The Kier molecular flexibility index (Phi) is 4.89. The molecule has 0 aromatic heterocycles. The summed E-state index contributed by atoms with van der Waals surface area (Å²) in [6.45, 7) is 1.20. The van der Waals surface area contributed by atoms with E-state index in [1.807, 2.05) is 43.3 Å². The Morgan fingerprint density at radius 1 is 1.12 bits per heavy atom. The highest BCUT2D eigenvalue weighted by atomic mass is 32.2. The van der Waals surface area contributed by atoms with Gasteiger partial charge in [-0.15, -0.1) is 0 Å². The van der Waals surface area contributed by atoms with E-state index in [0.717, 1.165) is 18.7 Å². The van der Waals surface area contributed by atoms with Crippen LogP contribution in [0.1, 0.15) is 17.2 Å². The van der Waals surface area contributed by atoms with E-state index in [2.05, 4.69) is 22.2 Å². The fraction of sp³-hybridized carbons (Fsp3) is 0.333. The molecule has 1 aliphatic heterocycles. The lowest BCUT2D eigenvalue weighted by molar-refractivity contribution is 0.491. The van der Waals surface area contributed by atoms with Gasteiger partial charge in [0.05, 0.1) is 4.90 Å². The second-order valence-corrected chi connectivity index (χ2v) is 7.96. The quantitative estimate of drug-likeness (QED) is 0.869. The van der Waals surface area contributed by atoms with Crippen molar-refractivity contribution in [2.24, 2.45) is 0 Å². The normalized spacial score (nSPS) is 17.3. The first-order chi connectivity index (χ1) is 11.5. The van der Waals surface area contributed by atoms with Crippen LogP contribution in [0.2, 0.25) is 0 Å². The fourth-order valence-electron chi connectivity index (χ4n) is 2.97. The molecule has 0 radical (unpaired) electrons. The van der Waals surface area contributed by atoms with E-state index >= 15 is 0 Å². The summed E-state index contributed by atoms with van der Waals surface area (Å²) in [5.41, 5.74) is 3.43. The number of nitrogens with zero attached hydrogens (tertiary/aromatic N) is 1. The summed E-state index contributed by atoms with van der Waals surface area (Å²) >= 11 is 0. The molecule has 2 N–H and O–H groups in total. The zero-order chi connectivity index (χ0) is 17.2. The van der Waals surface area contributed by atoms with E-state index in [0.29, 0.717) is 6.54 Å². The van der Waals surface area contributed by atoms with E-state index < -0.39 is 10.0 Å². The van der Waals surface area contributed by atoms with Crippen molar-refractivity contribution in [3.63, 3.8) is 0 Å². The van der Waals surface area contributed by atoms with Crippen molar-refractivity contribution in [1.29, 1.82) is 0 Å². The molecule has 1 unspecified atom stereocenters. The summed E-state index contributed by atoms with van der Waals surface area (Å²) in [6, 6.07) is 15.1. The van der Waals surface area contributed by atoms with Gasteiger partial charge in [0, 0.05) is 32.4 Å². The molecule has 5 nitrogen and oxygen atoms in total. The number of anilines is 1. The molecule has 128 valence electrons. The third-order valence-corrected chi connectivity index (χ3v) is 5.80. The number of benzene rings is 2. The minimum atomic E-state index is -3.51. The van der Waals surface area contributed by atoms with Gasteiger partial charge < -0.3 is 10.2 Å². The molecule has 0 amide bonds. The van der Waals surface area contributed by atoms with Crippen LogP contribution >= 0.6 is 0 Å². The number of fused-ring (bicyclic) bond motifs is 1. The minimum absolute atomic E-state index is 0.00535. The summed E-state index contributed by atoms with van der Waals surface area (Å²) in [5, 5.41) is 3.39. The standard InChI is InChI=1S/C18H23N3O2S/c1-21(2)15-7-9-16(10-8-15)24(22,23)20-13-18-17-6-4-3-5-14(17)11-12-19-18/h3-10,18-20H,11-13H2,1-2H3. The van der Waals surface area contributed by atoms with Crippen molar-refractivity contribution in [3.05, 3.63) is 59.7 Å². The topological polar surface area (TPSA) is 61.4 Å². The summed E-state index contributed by atoms with van der Waals surface area (Å²) < 4.78 is 27.8. The van der Waals surface area contributed by atoms with Crippen LogP contribution in [0.15, 0.2) is 53.4 Å². The number of nitrogens with one attached hydrogen (secondary N) is 2. The lowest BCUT2D eigenvalue weighted by Gasteiger charge is -2.27. The van der Waals surface area contributed by atoms with Crippen molar-refractivity contribution >= 4 is 15.7 Å². The van der Waals surface area contributed by atoms with Crippen LogP contribution in [0.4, 0.5) is 5.69 Å². The van der Waals surface area contributed by atoms with Crippen LogP contribution in [0.5, 0.6) is 0 Å². The maximum Gasteiger partial charge on any atom is 0.240 e. The molecule has 0 bridgehead atoms. The lowest BCUT2D eigenvalue weighted by atomic mass is 9.95. The van der Waals surface area contributed by atoms with Gasteiger partial charge in [-0.3, -0.25) is 0 Å². The Morgan fingerprint density at radius 3 is 2.54 bits per heavy atom. The molecule has 0 spiro atoms. The van der Waals surface area contributed by atoms with Crippen molar-refractivity contribution in [2.45, 2.75) is 17.4 Å². The van der Waals surface area contributed by atoms with Crippen molar-refractivity contribution < 1.29 is 8.42 Å². The third-order valence-electron chi connectivity index (χ3n) is 4.36. The molecule has 1 atom stereocenters. The predicted octanol–water partition coefficient (Wildman–Crippen LogP) is 1.92. The van der Waals surface area contributed by atoms with Gasteiger partial charge in [0.25, 0.3) is 0 Å². The van der Waals surface area contributed by atoms with Gasteiger partial charge in [-0.1, -0.05) is 24.3 Å². The SMILES string of the molecule is CN(C)c1ccc(S(=O)(=O)NCC2NCCc3ccccc32)cc1. The van der Waals surface area contributed by atoms with Crippen LogP contribution in [0.25, 0.3) is 0 Å².